The molecular formula is C24H32N2O5S2. The molecule has 4 rings (SSSR count). The SMILES string of the molecule is Cc1ccc(S(=O)(=O)Oc2ccc(S(=O)(=O)N3CCC(CN4CCCCC4)CC3)cc2)cc1. The average Bonchev–Trinajstić information content (AvgIpc) is 2.80. The first-order chi connectivity index (χ1) is 15.7. The summed E-state index contributed by atoms with van der Waals surface area (Å²) in [6.07, 6.45) is 5.57. The maximum Gasteiger partial charge on any atom is 0.339 e. The molecule has 33 heavy (non-hydrogen) atoms. The molecule has 0 spiro atoms. The minimum Gasteiger partial charge on any atom is -0.379 e. The van der Waals surface area contributed by atoms with Gasteiger partial charge in [0.25, 0.3) is 0 Å². The number of sulfonamides is 1. The lowest BCUT2D eigenvalue weighted by Gasteiger charge is -2.35. The van der Waals surface area contributed by atoms with Crippen LogP contribution < -0.4 is 4.18 Å². The summed E-state index contributed by atoms with van der Waals surface area (Å²) in [5.41, 5.74) is 0.944. The van der Waals surface area contributed by atoms with Crippen molar-refractivity contribution in [1.82, 2.24) is 9.21 Å². The van der Waals surface area contributed by atoms with Crippen LogP contribution in [-0.2, 0) is 20.1 Å². The summed E-state index contributed by atoms with van der Waals surface area (Å²) in [6, 6.07) is 12.0. The fourth-order valence-corrected chi connectivity index (χ4v) is 6.94. The molecule has 2 aromatic carbocycles. The van der Waals surface area contributed by atoms with Crippen LogP contribution in [0.2, 0.25) is 0 Å². The van der Waals surface area contributed by atoms with Gasteiger partial charge in [-0.1, -0.05) is 24.1 Å². The quantitative estimate of drug-likeness (QED) is 0.549. The van der Waals surface area contributed by atoms with Crippen molar-refractivity contribution in [2.24, 2.45) is 5.92 Å². The highest BCUT2D eigenvalue weighted by atomic mass is 32.2. The first kappa shape index (κ1) is 24.2. The number of hydrogen-bond donors (Lipinski definition) is 0. The van der Waals surface area contributed by atoms with Crippen molar-refractivity contribution in [2.75, 3.05) is 32.7 Å². The van der Waals surface area contributed by atoms with Gasteiger partial charge in [0.1, 0.15) is 10.6 Å². The Morgan fingerprint density at radius 3 is 1.97 bits per heavy atom. The van der Waals surface area contributed by atoms with E-state index in [4.69, 9.17) is 4.18 Å². The van der Waals surface area contributed by atoms with Gasteiger partial charge in [0.2, 0.25) is 10.0 Å². The molecule has 2 saturated heterocycles. The van der Waals surface area contributed by atoms with E-state index in [0.29, 0.717) is 19.0 Å². The Morgan fingerprint density at radius 2 is 1.36 bits per heavy atom. The van der Waals surface area contributed by atoms with Gasteiger partial charge in [-0.3, -0.25) is 0 Å². The number of piperidine rings is 2. The minimum absolute atomic E-state index is 0.0530. The van der Waals surface area contributed by atoms with Crippen molar-refractivity contribution in [3.05, 3.63) is 54.1 Å². The highest BCUT2D eigenvalue weighted by Crippen LogP contribution is 2.27. The van der Waals surface area contributed by atoms with Crippen LogP contribution in [0.5, 0.6) is 5.75 Å². The molecule has 2 fully saturated rings. The molecule has 9 heteroatoms. The molecule has 0 bridgehead atoms. The summed E-state index contributed by atoms with van der Waals surface area (Å²) in [5.74, 6) is 0.618. The molecule has 7 nitrogen and oxygen atoms in total. The molecule has 0 saturated carbocycles. The number of hydrogen-bond acceptors (Lipinski definition) is 6. The van der Waals surface area contributed by atoms with Crippen LogP contribution in [0.4, 0.5) is 0 Å². The van der Waals surface area contributed by atoms with Crippen molar-refractivity contribution in [3.63, 3.8) is 0 Å². The Hall–Kier alpha value is -1.94. The summed E-state index contributed by atoms with van der Waals surface area (Å²) >= 11 is 0. The van der Waals surface area contributed by atoms with Crippen LogP contribution in [-0.4, -0.2) is 58.8 Å². The van der Waals surface area contributed by atoms with Crippen LogP contribution in [0.25, 0.3) is 0 Å². The summed E-state index contributed by atoms with van der Waals surface area (Å²) in [7, 11) is -7.60. The maximum absolute atomic E-state index is 13.1. The minimum atomic E-state index is -3.98. The molecule has 2 heterocycles. The van der Waals surface area contributed by atoms with E-state index in [1.165, 1.54) is 55.7 Å². The van der Waals surface area contributed by atoms with Gasteiger partial charge >= 0.3 is 10.1 Å². The number of benzene rings is 2. The lowest BCUT2D eigenvalue weighted by Crippen LogP contribution is -2.42. The molecule has 0 radical (unpaired) electrons. The summed E-state index contributed by atoms with van der Waals surface area (Å²) in [4.78, 5) is 2.72. The second-order valence-electron chi connectivity index (χ2n) is 9.03. The lowest BCUT2D eigenvalue weighted by atomic mass is 9.96. The van der Waals surface area contributed by atoms with E-state index in [0.717, 1.165) is 38.0 Å². The summed E-state index contributed by atoms with van der Waals surface area (Å²) < 4.78 is 57.8. The monoisotopic (exact) mass is 492 g/mol. The Bertz CT molecular complexity index is 1130. The van der Waals surface area contributed by atoms with Crippen LogP contribution >= 0.6 is 0 Å². The topological polar surface area (TPSA) is 84.0 Å². The Labute approximate surface area is 197 Å². The van der Waals surface area contributed by atoms with Gasteiger partial charge in [0, 0.05) is 19.6 Å². The first-order valence-electron chi connectivity index (χ1n) is 11.6. The van der Waals surface area contributed by atoms with E-state index >= 15 is 0 Å². The third kappa shape index (κ3) is 5.95. The van der Waals surface area contributed by atoms with Crippen molar-refractivity contribution in [3.8, 4) is 5.75 Å². The largest absolute Gasteiger partial charge is 0.379 e. The highest BCUT2D eigenvalue weighted by molar-refractivity contribution is 7.89. The summed E-state index contributed by atoms with van der Waals surface area (Å²) in [6.45, 7) is 6.28. The van der Waals surface area contributed by atoms with E-state index < -0.39 is 20.1 Å². The van der Waals surface area contributed by atoms with Gasteiger partial charge in [-0.05, 0) is 88.0 Å². The maximum atomic E-state index is 13.1. The van der Waals surface area contributed by atoms with E-state index in [9.17, 15) is 16.8 Å². The second kappa shape index (κ2) is 10.1. The van der Waals surface area contributed by atoms with Crippen molar-refractivity contribution in [2.45, 2.75) is 48.8 Å². The van der Waals surface area contributed by atoms with Gasteiger partial charge in [0.05, 0.1) is 4.90 Å². The fourth-order valence-electron chi connectivity index (χ4n) is 4.54. The molecular weight excluding hydrogens is 460 g/mol. The lowest BCUT2D eigenvalue weighted by molar-refractivity contribution is 0.161. The normalized spacial score (nSPS) is 19.4. The van der Waals surface area contributed by atoms with Crippen LogP contribution in [0.3, 0.4) is 0 Å². The van der Waals surface area contributed by atoms with Crippen molar-refractivity contribution < 1.29 is 21.0 Å². The zero-order valence-electron chi connectivity index (χ0n) is 19.0. The molecule has 0 atom stereocenters. The Kier molecular flexibility index (Phi) is 7.43. The highest BCUT2D eigenvalue weighted by Gasteiger charge is 2.30. The van der Waals surface area contributed by atoms with Crippen molar-refractivity contribution >= 4 is 20.1 Å². The first-order valence-corrected chi connectivity index (χ1v) is 14.4. The number of nitrogens with zero attached hydrogens (tertiary/aromatic N) is 2. The van der Waals surface area contributed by atoms with E-state index in [1.54, 1.807) is 16.4 Å². The molecule has 0 unspecified atom stereocenters. The molecule has 0 amide bonds. The molecule has 0 aliphatic carbocycles. The predicted octanol–water partition coefficient (Wildman–Crippen LogP) is 3.65. The second-order valence-corrected chi connectivity index (χ2v) is 12.5. The number of aryl methyl sites for hydroxylation is 1. The Morgan fingerprint density at radius 1 is 0.788 bits per heavy atom. The molecule has 180 valence electrons. The van der Waals surface area contributed by atoms with Gasteiger partial charge in [-0.15, -0.1) is 0 Å². The van der Waals surface area contributed by atoms with Crippen molar-refractivity contribution in [1.29, 1.82) is 0 Å². The molecule has 0 aromatic heterocycles. The van der Waals surface area contributed by atoms with E-state index in [-0.39, 0.29) is 15.5 Å². The van der Waals surface area contributed by atoms with Gasteiger partial charge in [0.15, 0.2) is 0 Å². The molecule has 2 aliphatic rings. The fraction of sp³-hybridized carbons (Fsp3) is 0.500. The summed E-state index contributed by atoms with van der Waals surface area (Å²) in [5, 5.41) is 0. The number of likely N-dealkylation sites (tertiary alicyclic amines) is 1. The van der Waals surface area contributed by atoms with Gasteiger partial charge in [-0.25, -0.2) is 8.42 Å². The van der Waals surface area contributed by atoms with Gasteiger partial charge < -0.3 is 9.08 Å². The van der Waals surface area contributed by atoms with Crippen LogP contribution in [0.1, 0.15) is 37.7 Å². The van der Waals surface area contributed by atoms with E-state index in [1.807, 2.05) is 6.92 Å². The smallest absolute Gasteiger partial charge is 0.339 e. The van der Waals surface area contributed by atoms with E-state index in [2.05, 4.69) is 4.90 Å². The molecule has 0 N–H and O–H groups in total. The molecule has 2 aliphatic heterocycles. The third-order valence-corrected chi connectivity index (χ3v) is 9.69. The molecule has 2 aromatic rings. The zero-order chi connectivity index (χ0) is 23.5. The Balaban J connectivity index is 1.36. The average molecular weight is 493 g/mol. The number of rotatable bonds is 7. The van der Waals surface area contributed by atoms with Gasteiger partial charge in [-0.2, -0.15) is 12.7 Å². The zero-order valence-corrected chi connectivity index (χ0v) is 20.7. The van der Waals surface area contributed by atoms with Crippen LogP contribution in [0, 0.1) is 12.8 Å². The standard InChI is InChI=1S/C24H32N2O5S2/c1-20-5-9-24(10-6-20)33(29,30)31-22-7-11-23(12-8-22)32(27,28)26-17-13-21(14-18-26)19-25-15-3-2-4-16-25/h5-12,21H,2-4,13-19H2,1H3. The predicted molar refractivity (Wildman–Crippen MR) is 127 cm³/mol. The van der Waals surface area contributed by atoms with Crippen LogP contribution in [0.15, 0.2) is 58.3 Å². The third-order valence-electron chi connectivity index (χ3n) is 6.52.